The standard InChI is InChI=1S/C23H36O8/c1-14(24)29-16-12-17(23(13-16)11-8-20(27)31-23)22(4,28)18(26)7-10-21(3)9-5-6-19(21)30-15(2)25/h16-19,26,28H,5-13H2,1-4H3/t16-,17-,18?,19-,21+,22?,23+/m0/s1. The van der Waals surface area contributed by atoms with E-state index in [0.717, 1.165) is 19.3 Å². The van der Waals surface area contributed by atoms with Crippen LogP contribution >= 0.6 is 0 Å². The molecular weight excluding hydrogens is 404 g/mol. The monoisotopic (exact) mass is 440 g/mol. The minimum atomic E-state index is -1.54. The molecule has 1 spiro atoms. The molecule has 176 valence electrons. The van der Waals surface area contributed by atoms with Crippen molar-refractivity contribution in [2.45, 2.75) is 115 Å². The van der Waals surface area contributed by atoms with Crippen LogP contribution in [0, 0.1) is 11.3 Å². The Balaban J connectivity index is 1.72. The van der Waals surface area contributed by atoms with Gasteiger partial charge in [0, 0.05) is 38.0 Å². The minimum absolute atomic E-state index is 0.191. The summed E-state index contributed by atoms with van der Waals surface area (Å²) in [6.45, 7) is 6.37. The number of aliphatic hydroxyl groups is 2. The minimum Gasteiger partial charge on any atom is -0.462 e. The second-order valence-corrected chi connectivity index (χ2v) is 10.2. The van der Waals surface area contributed by atoms with E-state index in [1.807, 2.05) is 0 Å². The van der Waals surface area contributed by atoms with Gasteiger partial charge in [0.1, 0.15) is 17.8 Å². The van der Waals surface area contributed by atoms with Gasteiger partial charge in [-0.15, -0.1) is 0 Å². The van der Waals surface area contributed by atoms with Crippen LogP contribution in [0.1, 0.15) is 85.5 Å². The third-order valence-electron chi connectivity index (χ3n) is 7.78. The number of esters is 3. The molecule has 3 rings (SSSR count). The van der Waals surface area contributed by atoms with Gasteiger partial charge < -0.3 is 24.4 Å². The van der Waals surface area contributed by atoms with Gasteiger partial charge in [-0.3, -0.25) is 14.4 Å². The average Bonchev–Trinajstić information content (AvgIpc) is 3.31. The molecule has 8 heteroatoms. The van der Waals surface area contributed by atoms with Crippen molar-refractivity contribution in [3.63, 3.8) is 0 Å². The van der Waals surface area contributed by atoms with Gasteiger partial charge in [0.2, 0.25) is 0 Å². The van der Waals surface area contributed by atoms with Gasteiger partial charge in [0.05, 0.1) is 11.7 Å². The van der Waals surface area contributed by atoms with Gasteiger partial charge in [-0.25, -0.2) is 0 Å². The first-order chi connectivity index (χ1) is 14.4. The molecule has 1 aliphatic heterocycles. The molecule has 3 aliphatic rings. The molecule has 0 aromatic heterocycles. The third kappa shape index (κ3) is 4.90. The number of hydrogen-bond acceptors (Lipinski definition) is 8. The molecule has 8 nitrogen and oxygen atoms in total. The number of hydrogen-bond donors (Lipinski definition) is 2. The van der Waals surface area contributed by atoms with Crippen molar-refractivity contribution in [2.24, 2.45) is 11.3 Å². The van der Waals surface area contributed by atoms with E-state index in [4.69, 9.17) is 14.2 Å². The molecule has 1 heterocycles. The summed E-state index contributed by atoms with van der Waals surface area (Å²) in [5.74, 6) is -1.61. The molecule has 0 amide bonds. The summed E-state index contributed by atoms with van der Waals surface area (Å²) in [6, 6.07) is 0. The maximum absolute atomic E-state index is 11.9. The molecule has 0 aromatic rings. The maximum Gasteiger partial charge on any atom is 0.306 e. The molecule has 3 fully saturated rings. The molecule has 31 heavy (non-hydrogen) atoms. The van der Waals surface area contributed by atoms with Crippen LogP contribution in [0.4, 0.5) is 0 Å². The number of aliphatic hydroxyl groups excluding tert-OH is 1. The summed E-state index contributed by atoms with van der Waals surface area (Å²) in [7, 11) is 0. The van der Waals surface area contributed by atoms with E-state index < -0.39 is 35.3 Å². The summed E-state index contributed by atoms with van der Waals surface area (Å²) in [6.07, 6.45) is 3.16. The highest BCUT2D eigenvalue weighted by Gasteiger charge is 2.61. The van der Waals surface area contributed by atoms with Crippen LogP contribution in [0.25, 0.3) is 0 Å². The highest BCUT2D eigenvalue weighted by Crippen LogP contribution is 2.53. The lowest BCUT2D eigenvalue weighted by Crippen LogP contribution is -2.54. The van der Waals surface area contributed by atoms with Crippen molar-refractivity contribution < 1.29 is 38.8 Å². The van der Waals surface area contributed by atoms with Crippen LogP contribution in [0.2, 0.25) is 0 Å². The Hall–Kier alpha value is -1.67. The fraction of sp³-hybridized carbons (Fsp3) is 0.870. The number of carbonyl (C=O) groups excluding carboxylic acids is 3. The van der Waals surface area contributed by atoms with Crippen LogP contribution < -0.4 is 0 Å². The molecular formula is C23H36O8. The predicted molar refractivity (Wildman–Crippen MR) is 110 cm³/mol. The molecule has 0 bridgehead atoms. The van der Waals surface area contributed by atoms with Crippen molar-refractivity contribution in [1.82, 2.24) is 0 Å². The van der Waals surface area contributed by atoms with Gasteiger partial charge in [-0.05, 0) is 51.9 Å². The van der Waals surface area contributed by atoms with E-state index in [0.29, 0.717) is 32.1 Å². The molecule has 0 radical (unpaired) electrons. The predicted octanol–water partition coefficient (Wildman–Crippen LogP) is 2.42. The highest BCUT2D eigenvalue weighted by atomic mass is 16.6. The third-order valence-corrected chi connectivity index (χ3v) is 7.78. The highest BCUT2D eigenvalue weighted by molar-refractivity contribution is 5.72. The van der Waals surface area contributed by atoms with Crippen LogP contribution in [-0.4, -0.2) is 57.6 Å². The molecule has 2 saturated carbocycles. The Bertz CT molecular complexity index is 718. The zero-order valence-corrected chi connectivity index (χ0v) is 19.0. The first-order valence-electron chi connectivity index (χ1n) is 11.3. The molecule has 1 saturated heterocycles. The average molecular weight is 441 g/mol. The molecule has 7 atom stereocenters. The van der Waals surface area contributed by atoms with E-state index in [1.165, 1.54) is 13.8 Å². The van der Waals surface area contributed by atoms with Gasteiger partial charge in [-0.2, -0.15) is 0 Å². The van der Waals surface area contributed by atoms with Crippen molar-refractivity contribution in [3.05, 3.63) is 0 Å². The van der Waals surface area contributed by atoms with Crippen LogP contribution in [0.5, 0.6) is 0 Å². The van der Waals surface area contributed by atoms with Crippen LogP contribution in [-0.2, 0) is 28.6 Å². The molecule has 2 unspecified atom stereocenters. The Labute approximate surface area is 183 Å². The Morgan fingerprint density at radius 3 is 2.52 bits per heavy atom. The smallest absolute Gasteiger partial charge is 0.306 e. The quantitative estimate of drug-likeness (QED) is 0.458. The van der Waals surface area contributed by atoms with Crippen molar-refractivity contribution in [2.75, 3.05) is 0 Å². The molecule has 2 aliphatic carbocycles. The first-order valence-corrected chi connectivity index (χ1v) is 11.3. The lowest BCUT2D eigenvalue weighted by molar-refractivity contribution is -0.176. The van der Waals surface area contributed by atoms with Gasteiger partial charge in [0.25, 0.3) is 0 Å². The zero-order chi connectivity index (χ0) is 23.0. The number of rotatable bonds is 7. The number of carbonyl (C=O) groups is 3. The maximum atomic E-state index is 11.9. The summed E-state index contributed by atoms with van der Waals surface area (Å²) < 4.78 is 16.5. The summed E-state index contributed by atoms with van der Waals surface area (Å²) in [4.78, 5) is 34.8. The van der Waals surface area contributed by atoms with Crippen molar-refractivity contribution >= 4 is 17.9 Å². The Kier molecular flexibility index (Phi) is 6.73. The fourth-order valence-corrected chi connectivity index (χ4v) is 6.09. The van der Waals surface area contributed by atoms with Crippen molar-refractivity contribution in [3.8, 4) is 0 Å². The van der Waals surface area contributed by atoms with Crippen LogP contribution in [0.3, 0.4) is 0 Å². The van der Waals surface area contributed by atoms with Crippen molar-refractivity contribution in [1.29, 1.82) is 0 Å². The largest absolute Gasteiger partial charge is 0.462 e. The lowest BCUT2D eigenvalue weighted by Gasteiger charge is -2.43. The second-order valence-electron chi connectivity index (χ2n) is 10.2. The number of ether oxygens (including phenoxy) is 3. The lowest BCUT2D eigenvalue weighted by atomic mass is 9.71. The van der Waals surface area contributed by atoms with E-state index in [2.05, 4.69) is 6.92 Å². The normalized spacial score (nSPS) is 38.0. The van der Waals surface area contributed by atoms with E-state index >= 15 is 0 Å². The van der Waals surface area contributed by atoms with E-state index in [1.54, 1.807) is 6.92 Å². The topological polar surface area (TPSA) is 119 Å². The zero-order valence-electron chi connectivity index (χ0n) is 19.0. The van der Waals surface area contributed by atoms with Crippen LogP contribution in [0.15, 0.2) is 0 Å². The van der Waals surface area contributed by atoms with Gasteiger partial charge >= 0.3 is 17.9 Å². The summed E-state index contributed by atoms with van der Waals surface area (Å²) in [5, 5.41) is 22.5. The SMILES string of the molecule is CC(=O)O[C@H]1C[C@@H](C(C)(O)C(O)CC[C@@]2(C)CCC[C@@H]2OC(C)=O)[C@@]2(CCC(=O)O2)C1. The van der Waals surface area contributed by atoms with E-state index in [9.17, 15) is 24.6 Å². The Morgan fingerprint density at radius 1 is 1.26 bits per heavy atom. The summed E-state index contributed by atoms with van der Waals surface area (Å²) >= 11 is 0. The molecule has 0 aromatic carbocycles. The second kappa shape index (κ2) is 8.70. The first kappa shape index (κ1) is 24.0. The fourth-order valence-electron chi connectivity index (χ4n) is 6.09. The molecule has 2 N–H and O–H groups in total. The van der Waals surface area contributed by atoms with Gasteiger partial charge in [0.15, 0.2) is 0 Å². The van der Waals surface area contributed by atoms with Gasteiger partial charge in [-0.1, -0.05) is 6.92 Å². The van der Waals surface area contributed by atoms with E-state index in [-0.39, 0.29) is 29.9 Å². The summed E-state index contributed by atoms with van der Waals surface area (Å²) in [5.41, 5.74) is -2.72. The Morgan fingerprint density at radius 2 is 1.94 bits per heavy atom.